The largest absolute Gasteiger partial charge is 0.409 e. The summed E-state index contributed by atoms with van der Waals surface area (Å²) in [4.78, 5) is 0.151. The lowest BCUT2D eigenvalue weighted by Crippen LogP contribution is -2.51. The molecule has 2 heterocycles. The molecule has 0 amide bonds. The quantitative estimate of drug-likeness (QED) is 0.311. The molecule has 0 saturated carbocycles. The van der Waals surface area contributed by atoms with Gasteiger partial charge in [0, 0.05) is 19.3 Å². The van der Waals surface area contributed by atoms with Crippen LogP contribution >= 0.6 is 11.8 Å². The topological polar surface area (TPSA) is 125 Å². The molecule has 1 aliphatic heterocycles. The van der Waals surface area contributed by atoms with E-state index >= 15 is 0 Å². The van der Waals surface area contributed by atoms with Crippen LogP contribution in [0.4, 0.5) is 0 Å². The van der Waals surface area contributed by atoms with Crippen LogP contribution in [0, 0.1) is 0 Å². The van der Waals surface area contributed by atoms with Crippen LogP contribution in [0.3, 0.4) is 0 Å². The van der Waals surface area contributed by atoms with Gasteiger partial charge in [0.2, 0.25) is 10.0 Å². The highest BCUT2D eigenvalue weighted by Gasteiger charge is 2.41. The van der Waals surface area contributed by atoms with Gasteiger partial charge in [-0.15, -0.1) is 0 Å². The summed E-state index contributed by atoms with van der Waals surface area (Å²) in [5.74, 6) is 0.144. The minimum absolute atomic E-state index is 0.144. The minimum atomic E-state index is -3.52. The van der Waals surface area contributed by atoms with Crippen LogP contribution in [0.2, 0.25) is 0 Å². The fourth-order valence-electron chi connectivity index (χ4n) is 2.27. The molecule has 1 aromatic heterocycles. The van der Waals surface area contributed by atoms with E-state index in [1.165, 1.54) is 28.5 Å². The van der Waals surface area contributed by atoms with Gasteiger partial charge in [0.15, 0.2) is 5.84 Å². The molecule has 0 aromatic carbocycles. The Kier molecular flexibility index (Phi) is 4.25. The molecule has 112 valence electrons. The first-order valence-electron chi connectivity index (χ1n) is 5.98. The van der Waals surface area contributed by atoms with Crippen LogP contribution in [-0.4, -0.2) is 58.1 Å². The van der Waals surface area contributed by atoms with Crippen molar-refractivity contribution >= 4 is 27.6 Å². The number of sulfonamides is 1. The Morgan fingerprint density at radius 2 is 2.25 bits per heavy atom. The summed E-state index contributed by atoms with van der Waals surface area (Å²) in [5, 5.41) is 18.1. The normalized spacial score (nSPS) is 20.9. The van der Waals surface area contributed by atoms with Crippen molar-refractivity contribution in [1.29, 1.82) is 0 Å². The average molecular weight is 319 g/mol. The number of aromatic amines is 1. The Morgan fingerprint density at radius 1 is 1.60 bits per heavy atom. The first kappa shape index (κ1) is 15.1. The molecule has 8 nitrogen and oxygen atoms in total. The minimum Gasteiger partial charge on any atom is -0.409 e. The fraction of sp³-hybridized carbons (Fsp3) is 0.600. The van der Waals surface area contributed by atoms with E-state index in [9.17, 15) is 8.42 Å². The van der Waals surface area contributed by atoms with Crippen LogP contribution in [0.15, 0.2) is 22.4 Å². The van der Waals surface area contributed by atoms with Gasteiger partial charge in [0.05, 0.1) is 10.9 Å². The SMILES string of the molecule is CSC1(C(N)=NO)CCN(S(=O)(=O)c2cn[nH]c2)CC1. The van der Waals surface area contributed by atoms with Crippen molar-refractivity contribution in [2.45, 2.75) is 22.5 Å². The van der Waals surface area contributed by atoms with Gasteiger partial charge in [-0.1, -0.05) is 5.16 Å². The zero-order valence-electron chi connectivity index (χ0n) is 11.0. The third-order valence-corrected chi connectivity index (χ3v) is 6.87. The van der Waals surface area contributed by atoms with Gasteiger partial charge in [-0.05, 0) is 19.1 Å². The van der Waals surface area contributed by atoms with Crippen LogP contribution in [0.5, 0.6) is 0 Å². The highest BCUT2D eigenvalue weighted by atomic mass is 32.2. The van der Waals surface area contributed by atoms with Crippen molar-refractivity contribution < 1.29 is 13.6 Å². The Bertz CT molecular complexity index is 576. The molecule has 20 heavy (non-hydrogen) atoms. The van der Waals surface area contributed by atoms with Gasteiger partial charge in [-0.2, -0.15) is 21.2 Å². The van der Waals surface area contributed by atoms with Crippen molar-refractivity contribution in [2.75, 3.05) is 19.3 Å². The lowest BCUT2D eigenvalue weighted by Gasteiger charge is -2.38. The van der Waals surface area contributed by atoms with Gasteiger partial charge in [-0.3, -0.25) is 5.10 Å². The zero-order valence-corrected chi connectivity index (χ0v) is 12.6. The molecule has 1 fully saturated rings. The second-order valence-corrected chi connectivity index (χ2v) is 7.65. The number of nitrogens with one attached hydrogen (secondary N) is 1. The molecule has 1 aliphatic rings. The number of nitrogens with two attached hydrogens (primary N) is 1. The molecule has 0 bridgehead atoms. The predicted molar refractivity (Wildman–Crippen MR) is 76.2 cm³/mol. The molecule has 2 rings (SSSR count). The molecular weight excluding hydrogens is 302 g/mol. The number of oxime groups is 1. The number of hydrogen-bond acceptors (Lipinski definition) is 6. The van der Waals surface area contributed by atoms with Gasteiger partial charge in [0.1, 0.15) is 4.90 Å². The highest BCUT2D eigenvalue weighted by molar-refractivity contribution is 8.00. The molecule has 10 heteroatoms. The summed E-state index contributed by atoms with van der Waals surface area (Å²) >= 11 is 1.48. The van der Waals surface area contributed by atoms with Crippen LogP contribution in [-0.2, 0) is 10.0 Å². The number of H-pyrrole nitrogens is 1. The van der Waals surface area contributed by atoms with Gasteiger partial charge >= 0.3 is 0 Å². The summed E-state index contributed by atoms with van der Waals surface area (Å²) in [6.45, 7) is 0.648. The second kappa shape index (κ2) is 5.62. The molecule has 0 unspecified atom stereocenters. The van der Waals surface area contributed by atoms with E-state index in [1.54, 1.807) is 0 Å². The van der Waals surface area contributed by atoms with E-state index in [4.69, 9.17) is 10.9 Å². The number of aromatic nitrogens is 2. The maximum absolute atomic E-state index is 12.3. The molecule has 0 aliphatic carbocycles. The zero-order chi connectivity index (χ0) is 14.8. The molecule has 1 aromatic rings. The summed E-state index contributed by atoms with van der Waals surface area (Å²) in [6, 6.07) is 0. The maximum Gasteiger partial charge on any atom is 0.246 e. The molecule has 0 atom stereocenters. The van der Waals surface area contributed by atoms with Gasteiger partial charge in [0.25, 0.3) is 0 Å². The average Bonchev–Trinajstić information content (AvgIpc) is 3.01. The smallest absolute Gasteiger partial charge is 0.246 e. The van der Waals surface area contributed by atoms with Gasteiger partial charge in [-0.25, -0.2) is 8.42 Å². The highest BCUT2D eigenvalue weighted by Crippen LogP contribution is 2.36. The maximum atomic E-state index is 12.3. The molecule has 0 spiro atoms. The van der Waals surface area contributed by atoms with Crippen LogP contribution in [0.1, 0.15) is 12.8 Å². The van der Waals surface area contributed by atoms with Crippen molar-refractivity contribution in [3.63, 3.8) is 0 Å². The summed E-state index contributed by atoms with van der Waals surface area (Å²) < 4.78 is 25.6. The van der Waals surface area contributed by atoms with Crippen molar-refractivity contribution in [3.05, 3.63) is 12.4 Å². The predicted octanol–water partition coefficient (Wildman–Crippen LogP) is 0.0424. The molecule has 4 N–H and O–H groups in total. The second-order valence-electron chi connectivity index (χ2n) is 4.52. The van der Waals surface area contributed by atoms with E-state index in [1.807, 2.05) is 6.26 Å². The third-order valence-electron chi connectivity index (χ3n) is 3.61. The lowest BCUT2D eigenvalue weighted by molar-refractivity contribution is 0.300. The summed E-state index contributed by atoms with van der Waals surface area (Å²) in [7, 11) is -3.52. The van der Waals surface area contributed by atoms with E-state index in [-0.39, 0.29) is 10.7 Å². The van der Waals surface area contributed by atoms with E-state index < -0.39 is 14.8 Å². The van der Waals surface area contributed by atoms with Gasteiger partial charge < -0.3 is 10.9 Å². The molecular formula is C10H17N5O3S2. The fourth-order valence-corrected chi connectivity index (χ4v) is 4.46. The Hall–Kier alpha value is -1.26. The van der Waals surface area contributed by atoms with E-state index in [0.29, 0.717) is 25.9 Å². The number of amidine groups is 1. The lowest BCUT2D eigenvalue weighted by atomic mass is 9.96. The molecule has 1 saturated heterocycles. The number of piperidine rings is 1. The van der Waals surface area contributed by atoms with Crippen molar-refractivity contribution in [3.8, 4) is 0 Å². The number of thioether (sulfide) groups is 1. The Labute approximate surface area is 121 Å². The van der Waals surface area contributed by atoms with E-state index in [2.05, 4.69) is 15.4 Å². The summed E-state index contributed by atoms with van der Waals surface area (Å²) in [6.07, 6.45) is 5.52. The standard InChI is InChI=1S/C10H17N5O3S2/c1-19-10(9(11)14-16)2-4-15(5-3-10)20(17,18)8-6-12-13-7-8/h6-7,16H,2-5H2,1H3,(H2,11,14)(H,12,13). The summed E-state index contributed by atoms with van der Waals surface area (Å²) in [5.41, 5.74) is 5.74. The van der Waals surface area contributed by atoms with Crippen molar-refractivity contribution in [2.24, 2.45) is 10.9 Å². The van der Waals surface area contributed by atoms with Crippen LogP contribution < -0.4 is 5.73 Å². The van der Waals surface area contributed by atoms with Crippen LogP contribution in [0.25, 0.3) is 0 Å². The number of nitrogens with zero attached hydrogens (tertiary/aromatic N) is 3. The third kappa shape index (κ3) is 2.50. The Morgan fingerprint density at radius 3 is 2.70 bits per heavy atom. The monoisotopic (exact) mass is 319 g/mol. The molecule has 0 radical (unpaired) electrons. The number of hydrogen-bond donors (Lipinski definition) is 3. The Balaban J connectivity index is 2.16. The van der Waals surface area contributed by atoms with Crippen molar-refractivity contribution in [1.82, 2.24) is 14.5 Å². The first-order valence-corrected chi connectivity index (χ1v) is 8.65. The first-order chi connectivity index (χ1) is 9.46. The van der Waals surface area contributed by atoms with E-state index in [0.717, 1.165) is 0 Å². The number of rotatable bonds is 4.